The van der Waals surface area contributed by atoms with Gasteiger partial charge in [0.2, 0.25) is 0 Å². The van der Waals surface area contributed by atoms with Crippen LogP contribution in [0.5, 0.6) is 0 Å². The monoisotopic (exact) mass is 434 g/mol. The molecule has 166 valence electrons. The lowest BCUT2D eigenvalue weighted by Crippen LogP contribution is -2.41. The van der Waals surface area contributed by atoms with Gasteiger partial charge in [0.15, 0.2) is 0 Å². The van der Waals surface area contributed by atoms with Crippen molar-refractivity contribution < 1.29 is 27.8 Å². The van der Waals surface area contributed by atoms with E-state index in [9.17, 15) is 23.1 Å². The normalized spacial score (nSPS) is 20.9. The van der Waals surface area contributed by atoms with Crippen LogP contribution in [0, 0.1) is 6.92 Å². The summed E-state index contributed by atoms with van der Waals surface area (Å²) in [5.41, 5.74) is 2.63. The quantitative estimate of drug-likeness (QED) is 0.661. The van der Waals surface area contributed by atoms with E-state index in [0.29, 0.717) is 12.1 Å². The smallest absolute Gasteiger partial charge is 0.417 e. The first-order valence-corrected chi connectivity index (χ1v) is 10.4. The molecule has 0 spiro atoms. The van der Waals surface area contributed by atoms with Gasteiger partial charge in [-0.2, -0.15) is 13.2 Å². The fourth-order valence-corrected chi connectivity index (χ4v) is 4.01. The predicted octanol–water partition coefficient (Wildman–Crippen LogP) is 4.46. The first-order chi connectivity index (χ1) is 14.7. The molecule has 2 fully saturated rings. The molecule has 1 aromatic carbocycles. The summed E-state index contributed by atoms with van der Waals surface area (Å²) >= 11 is 0. The lowest BCUT2D eigenvalue weighted by molar-refractivity contribution is -0.136. The van der Waals surface area contributed by atoms with Crippen molar-refractivity contribution in [3.63, 3.8) is 0 Å². The summed E-state index contributed by atoms with van der Waals surface area (Å²) in [7, 11) is 0. The maximum Gasteiger partial charge on any atom is 0.417 e. The van der Waals surface area contributed by atoms with E-state index in [1.807, 2.05) is 31.2 Å². The Morgan fingerprint density at radius 3 is 2.42 bits per heavy atom. The number of amides is 1. The molecule has 5 nitrogen and oxygen atoms in total. The summed E-state index contributed by atoms with van der Waals surface area (Å²) in [5, 5.41) is 9.53. The van der Waals surface area contributed by atoms with Crippen LogP contribution in [-0.4, -0.2) is 54.5 Å². The molecular formula is C23H25F3N2O3. The number of cyclic esters (lactones) is 1. The molecule has 2 aliphatic carbocycles. The second kappa shape index (κ2) is 8.51. The molecule has 0 bridgehead atoms. The second-order valence-electron chi connectivity index (χ2n) is 8.25. The van der Waals surface area contributed by atoms with Crippen LogP contribution < -0.4 is 4.90 Å². The van der Waals surface area contributed by atoms with Gasteiger partial charge >= 0.3 is 12.3 Å². The molecule has 0 aromatic heterocycles. The van der Waals surface area contributed by atoms with E-state index in [4.69, 9.17) is 4.74 Å². The third-order valence-electron chi connectivity index (χ3n) is 5.76. The molecule has 1 unspecified atom stereocenters. The van der Waals surface area contributed by atoms with Crippen molar-refractivity contribution in [2.75, 3.05) is 31.1 Å². The van der Waals surface area contributed by atoms with Crippen molar-refractivity contribution in [2.24, 2.45) is 0 Å². The first-order valence-electron chi connectivity index (χ1n) is 10.4. The molecule has 8 heteroatoms. The van der Waals surface area contributed by atoms with E-state index in [2.05, 4.69) is 4.90 Å². The van der Waals surface area contributed by atoms with Gasteiger partial charge in [-0.15, -0.1) is 0 Å². The number of aliphatic hydroxyl groups is 1. The number of aliphatic hydroxyl groups excluding tert-OH is 1. The third-order valence-corrected chi connectivity index (χ3v) is 5.76. The maximum atomic E-state index is 12.0. The minimum Gasteiger partial charge on any atom is -0.443 e. The van der Waals surface area contributed by atoms with Crippen molar-refractivity contribution in [1.29, 1.82) is 0 Å². The summed E-state index contributed by atoms with van der Waals surface area (Å²) in [6, 6.07) is 12.0. The summed E-state index contributed by atoms with van der Waals surface area (Å²) in [4.78, 5) is 16.0. The Morgan fingerprint density at radius 1 is 1.13 bits per heavy atom. The standard InChI is InChI=1S/C16H22N2O3.C7H3F3/c1-12-3-2-4-13(9-12)18-11-15(21-16(18)20)10-17-7-5-14(19)6-8-17;8-7(9,10)6-2-1-4-3-5(4)6/h2-4,9,14-15,19H,5-8,10-11H2,1H3;1-3H. The topological polar surface area (TPSA) is 53.0 Å². The van der Waals surface area contributed by atoms with Gasteiger partial charge in [-0.1, -0.05) is 18.2 Å². The molecule has 1 amide bonds. The summed E-state index contributed by atoms with van der Waals surface area (Å²) < 4.78 is 41.2. The predicted molar refractivity (Wildman–Crippen MR) is 111 cm³/mol. The number of benzene rings is 2. The van der Waals surface area contributed by atoms with Crippen LogP contribution in [-0.2, 0) is 10.9 Å². The number of carbonyl (C=O) groups is 1. The van der Waals surface area contributed by atoms with Crippen LogP contribution in [0.15, 0.2) is 42.5 Å². The highest BCUT2D eigenvalue weighted by Crippen LogP contribution is 2.45. The molecule has 2 aliphatic heterocycles. The van der Waals surface area contributed by atoms with E-state index in [1.54, 1.807) is 4.90 Å². The molecule has 1 N–H and O–H groups in total. The van der Waals surface area contributed by atoms with Gasteiger partial charge in [0, 0.05) is 25.3 Å². The Labute approximate surface area is 179 Å². The van der Waals surface area contributed by atoms with Crippen LogP contribution in [0.2, 0.25) is 0 Å². The Morgan fingerprint density at radius 2 is 1.87 bits per heavy atom. The number of ether oxygens (including phenoxy) is 1. The zero-order valence-electron chi connectivity index (χ0n) is 17.2. The number of halogens is 3. The van der Waals surface area contributed by atoms with E-state index in [0.717, 1.165) is 55.4 Å². The van der Waals surface area contributed by atoms with Crippen molar-refractivity contribution in [3.05, 3.63) is 53.6 Å². The third kappa shape index (κ3) is 5.19. The molecule has 1 aromatic rings. The fourth-order valence-electron chi connectivity index (χ4n) is 4.01. The van der Waals surface area contributed by atoms with Crippen LogP contribution in [0.3, 0.4) is 0 Å². The van der Waals surface area contributed by atoms with Gasteiger partial charge in [0.25, 0.3) is 0 Å². The molecule has 0 radical (unpaired) electrons. The van der Waals surface area contributed by atoms with Gasteiger partial charge in [-0.25, -0.2) is 4.79 Å². The largest absolute Gasteiger partial charge is 0.443 e. The van der Waals surface area contributed by atoms with Crippen molar-refractivity contribution in [3.8, 4) is 11.1 Å². The van der Waals surface area contributed by atoms with Gasteiger partial charge in [0.05, 0.1) is 18.2 Å². The number of alkyl halides is 3. The molecule has 0 saturated carbocycles. The van der Waals surface area contributed by atoms with Gasteiger partial charge in [-0.3, -0.25) is 9.80 Å². The van der Waals surface area contributed by atoms with E-state index >= 15 is 0 Å². The van der Waals surface area contributed by atoms with Crippen LogP contribution in [0.25, 0.3) is 11.1 Å². The number of hydrogen-bond acceptors (Lipinski definition) is 4. The number of hydrogen-bond donors (Lipinski definition) is 1. The fraction of sp³-hybridized carbons (Fsp3) is 0.435. The number of nitrogens with zero attached hydrogens (tertiary/aromatic N) is 2. The van der Waals surface area contributed by atoms with Gasteiger partial charge < -0.3 is 9.84 Å². The second-order valence-corrected chi connectivity index (χ2v) is 8.25. The number of likely N-dealkylation sites (tertiary alicyclic amines) is 1. The molecule has 1 atom stereocenters. The average Bonchev–Trinajstić information content (AvgIpc) is 3.18. The summed E-state index contributed by atoms with van der Waals surface area (Å²) in [6.07, 6.45) is -3.07. The average molecular weight is 434 g/mol. The van der Waals surface area contributed by atoms with Crippen LogP contribution in [0.4, 0.5) is 23.7 Å². The Balaban J connectivity index is 0.000000192. The first kappa shape index (κ1) is 21.6. The highest BCUT2D eigenvalue weighted by atomic mass is 19.4. The highest BCUT2D eigenvalue weighted by molar-refractivity contribution is 5.89. The molecular weight excluding hydrogens is 409 g/mol. The molecule has 4 aliphatic rings. The Hall–Kier alpha value is -2.58. The van der Waals surface area contributed by atoms with Gasteiger partial charge in [-0.05, 0) is 60.7 Å². The Bertz CT molecular complexity index is 955. The Kier molecular flexibility index (Phi) is 5.94. The molecule has 2 heterocycles. The number of anilines is 1. The zero-order chi connectivity index (χ0) is 22.2. The number of carbonyl (C=O) groups excluding carboxylic acids is 1. The molecule has 2 saturated heterocycles. The highest BCUT2D eigenvalue weighted by Gasteiger charge is 2.37. The van der Waals surface area contributed by atoms with E-state index < -0.39 is 11.7 Å². The van der Waals surface area contributed by atoms with Gasteiger partial charge in [0.1, 0.15) is 6.10 Å². The number of rotatable bonds is 3. The van der Waals surface area contributed by atoms with Crippen molar-refractivity contribution in [1.82, 2.24) is 4.90 Å². The zero-order valence-corrected chi connectivity index (χ0v) is 17.2. The number of piperidine rings is 1. The lowest BCUT2D eigenvalue weighted by atomic mass is 10.1. The van der Waals surface area contributed by atoms with E-state index in [1.165, 1.54) is 12.1 Å². The summed E-state index contributed by atoms with van der Waals surface area (Å²) in [5.74, 6) is 0. The number of aryl methyl sites for hydroxylation is 1. The SMILES string of the molecule is Cc1cccc(N2CC(CN3CCC(O)CC3)OC2=O)c1.FC(F)(F)c1ccc2cc1-2. The minimum absolute atomic E-state index is 0.0896. The van der Waals surface area contributed by atoms with Crippen LogP contribution >= 0.6 is 0 Å². The van der Waals surface area contributed by atoms with Crippen molar-refractivity contribution >= 4 is 11.8 Å². The maximum absolute atomic E-state index is 12.0. The summed E-state index contributed by atoms with van der Waals surface area (Å²) in [6.45, 7) is 5.11. The number of fused-ring (bicyclic) bond motifs is 1. The molecule has 5 rings (SSSR count). The van der Waals surface area contributed by atoms with Crippen LogP contribution in [0.1, 0.15) is 24.0 Å². The molecule has 31 heavy (non-hydrogen) atoms. The van der Waals surface area contributed by atoms with E-state index in [-0.39, 0.29) is 18.3 Å². The lowest BCUT2D eigenvalue weighted by Gasteiger charge is -2.30. The minimum atomic E-state index is -4.17. The van der Waals surface area contributed by atoms with Crippen molar-refractivity contribution in [2.45, 2.75) is 38.1 Å².